The van der Waals surface area contributed by atoms with E-state index in [4.69, 9.17) is 5.11 Å². The molecule has 2 N–H and O–H groups in total. The third-order valence-corrected chi connectivity index (χ3v) is 3.87. The van der Waals surface area contributed by atoms with E-state index < -0.39 is 5.97 Å². The average Bonchev–Trinajstić information content (AvgIpc) is 2.45. The van der Waals surface area contributed by atoms with Gasteiger partial charge in [-0.1, -0.05) is 19.3 Å². The van der Waals surface area contributed by atoms with Gasteiger partial charge in [0.05, 0.1) is 0 Å². The Morgan fingerprint density at radius 2 is 2.05 bits per heavy atom. The number of carbonyl (C=O) groups excluding carboxylic acids is 1. The summed E-state index contributed by atoms with van der Waals surface area (Å²) in [5, 5.41) is 11.8. The van der Waals surface area contributed by atoms with Gasteiger partial charge in [-0.15, -0.1) is 0 Å². The van der Waals surface area contributed by atoms with Crippen LogP contribution in [0.3, 0.4) is 0 Å². The van der Waals surface area contributed by atoms with Crippen molar-refractivity contribution >= 4 is 18.0 Å². The molecule has 0 aromatic carbocycles. The standard InChI is InChI=1S/C16H20N2O3/c1-16(8-3-2-4-9-16)18-15(21)13-7-10-17-11-12(13)5-6-14(19)20/h5-7,10-11H,2-4,8-9H2,1H3,(H,18,21)(H,19,20). The second-order valence-electron chi connectivity index (χ2n) is 5.71. The van der Waals surface area contributed by atoms with Crippen LogP contribution in [0.15, 0.2) is 24.5 Å². The highest BCUT2D eigenvalue weighted by Crippen LogP contribution is 2.28. The van der Waals surface area contributed by atoms with Crippen LogP contribution in [-0.2, 0) is 4.79 Å². The topological polar surface area (TPSA) is 79.3 Å². The monoisotopic (exact) mass is 288 g/mol. The smallest absolute Gasteiger partial charge is 0.328 e. The number of amides is 1. The molecule has 1 saturated carbocycles. The Labute approximate surface area is 124 Å². The summed E-state index contributed by atoms with van der Waals surface area (Å²) in [5.41, 5.74) is 0.790. The zero-order chi connectivity index (χ0) is 15.3. The van der Waals surface area contributed by atoms with Crippen molar-refractivity contribution in [3.63, 3.8) is 0 Å². The van der Waals surface area contributed by atoms with Crippen molar-refractivity contribution in [3.05, 3.63) is 35.7 Å². The quantitative estimate of drug-likeness (QED) is 0.835. The van der Waals surface area contributed by atoms with E-state index in [1.165, 1.54) is 24.9 Å². The third kappa shape index (κ3) is 4.15. The normalized spacial score (nSPS) is 17.6. The van der Waals surface area contributed by atoms with E-state index in [-0.39, 0.29) is 11.4 Å². The average molecular weight is 288 g/mol. The largest absolute Gasteiger partial charge is 0.478 e. The summed E-state index contributed by atoms with van der Waals surface area (Å²) < 4.78 is 0. The number of nitrogens with one attached hydrogen (secondary N) is 1. The Morgan fingerprint density at radius 1 is 1.33 bits per heavy atom. The molecule has 5 nitrogen and oxygen atoms in total. The Morgan fingerprint density at radius 3 is 2.71 bits per heavy atom. The highest BCUT2D eigenvalue weighted by molar-refractivity contribution is 5.99. The molecule has 1 fully saturated rings. The highest BCUT2D eigenvalue weighted by atomic mass is 16.4. The molecule has 0 unspecified atom stereocenters. The zero-order valence-corrected chi connectivity index (χ0v) is 12.1. The van der Waals surface area contributed by atoms with Crippen LogP contribution in [-0.4, -0.2) is 27.5 Å². The summed E-state index contributed by atoms with van der Waals surface area (Å²) >= 11 is 0. The number of hydrogen-bond acceptors (Lipinski definition) is 3. The van der Waals surface area contributed by atoms with Crippen LogP contribution in [0.25, 0.3) is 6.08 Å². The molecule has 2 rings (SSSR count). The van der Waals surface area contributed by atoms with Crippen LogP contribution >= 0.6 is 0 Å². The molecule has 0 spiro atoms. The minimum Gasteiger partial charge on any atom is -0.478 e. The molecule has 112 valence electrons. The van der Waals surface area contributed by atoms with Crippen molar-refractivity contribution in [3.8, 4) is 0 Å². The van der Waals surface area contributed by atoms with Gasteiger partial charge in [0.25, 0.3) is 5.91 Å². The molecule has 21 heavy (non-hydrogen) atoms. The van der Waals surface area contributed by atoms with E-state index in [1.807, 2.05) is 0 Å². The summed E-state index contributed by atoms with van der Waals surface area (Å²) in [7, 11) is 0. The summed E-state index contributed by atoms with van der Waals surface area (Å²) in [6.45, 7) is 2.07. The second kappa shape index (κ2) is 6.52. The van der Waals surface area contributed by atoms with Crippen LogP contribution in [0.4, 0.5) is 0 Å². The van der Waals surface area contributed by atoms with Crippen molar-refractivity contribution in [1.82, 2.24) is 10.3 Å². The predicted octanol–water partition coefficient (Wildman–Crippen LogP) is 2.63. The highest BCUT2D eigenvalue weighted by Gasteiger charge is 2.29. The van der Waals surface area contributed by atoms with Crippen LogP contribution in [0, 0.1) is 0 Å². The molecule has 1 aliphatic carbocycles. The van der Waals surface area contributed by atoms with Gasteiger partial charge in [-0.05, 0) is 31.9 Å². The van der Waals surface area contributed by atoms with Gasteiger partial charge >= 0.3 is 5.97 Å². The minimum absolute atomic E-state index is 0.174. The number of aromatic nitrogens is 1. The lowest BCUT2D eigenvalue weighted by Crippen LogP contribution is -2.47. The fraction of sp³-hybridized carbons (Fsp3) is 0.438. The maximum atomic E-state index is 12.5. The molecule has 1 aromatic rings. The molecule has 0 saturated heterocycles. The molecule has 1 amide bonds. The Balaban J connectivity index is 2.17. The summed E-state index contributed by atoms with van der Waals surface area (Å²) in [5.74, 6) is -1.23. The first-order valence-corrected chi connectivity index (χ1v) is 7.18. The zero-order valence-electron chi connectivity index (χ0n) is 12.1. The Bertz CT molecular complexity index is 560. The second-order valence-corrected chi connectivity index (χ2v) is 5.71. The molecule has 5 heteroatoms. The lowest BCUT2D eigenvalue weighted by molar-refractivity contribution is -0.131. The predicted molar refractivity (Wildman–Crippen MR) is 79.9 cm³/mol. The van der Waals surface area contributed by atoms with Crippen LogP contribution in [0.1, 0.15) is 54.9 Å². The van der Waals surface area contributed by atoms with Gasteiger partial charge in [-0.2, -0.15) is 0 Å². The van der Waals surface area contributed by atoms with Crippen LogP contribution < -0.4 is 5.32 Å². The lowest BCUT2D eigenvalue weighted by atomic mass is 9.83. The molecule has 1 heterocycles. The van der Waals surface area contributed by atoms with Crippen LogP contribution in [0.5, 0.6) is 0 Å². The fourth-order valence-electron chi connectivity index (χ4n) is 2.71. The van der Waals surface area contributed by atoms with Gasteiger partial charge in [-0.3, -0.25) is 9.78 Å². The number of carboxylic acids is 1. The summed E-state index contributed by atoms with van der Waals surface area (Å²) in [4.78, 5) is 27.0. The number of rotatable bonds is 4. The van der Waals surface area contributed by atoms with Crippen molar-refractivity contribution < 1.29 is 14.7 Å². The maximum Gasteiger partial charge on any atom is 0.328 e. The number of carboxylic acid groups (broad SMARTS) is 1. The molecular formula is C16H20N2O3. The van der Waals surface area contributed by atoms with Gasteiger partial charge in [0.15, 0.2) is 0 Å². The van der Waals surface area contributed by atoms with Crippen LogP contribution in [0.2, 0.25) is 0 Å². The fourth-order valence-corrected chi connectivity index (χ4v) is 2.71. The number of pyridine rings is 1. The Hall–Kier alpha value is -2.17. The molecule has 0 bridgehead atoms. The van der Waals surface area contributed by atoms with E-state index in [2.05, 4.69) is 17.2 Å². The van der Waals surface area contributed by atoms with Crippen molar-refractivity contribution in [2.75, 3.05) is 0 Å². The number of nitrogens with zero attached hydrogens (tertiary/aromatic N) is 1. The van der Waals surface area contributed by atoms with E-state index in [9.17, 15) is 9.59 Å². The molecule has 1 aliphatic rings. The number of carbonyl (C=O) groups is 2. The molecule has 0 aliphatic heterocycles. The lowest BCUT2D eigenvalue weighted by Gasteiger charge is -2.34. The van der Waals surface area contributed by atoms with Gasteiger partial charge < -0.3 is 10.4 Å². The first-order valence-electron chi connectivity index (χ1n) is 7.18. The SMILES string of the molecule is CC1(NC(=O)c2ccncc2C=CC(=O)O)CCCCC1. The van der Waals surface area contributed by atoms with E-state index in [0.29, 0.717) is 11.1 Å². The number of aliphatic carboxylic acids is 1. The third-order valence-electron chi connectivity index (χ3n) is 3.87. The van der Waals surface area contributed by atoms with Gasteiger partial charge in [0.1, 0.15) is 0 Å². The first kappa shape index (κ1) is 15.2. The minimum atomic E-state index is -1.05. The number of hydrogen-bond donors (Lipinski definition) is 2. The molecule has 0 atom stereocenters. The van der Waals surface area contributed by atoms with Gasteiger partial charge in [0.2, 0.25) is 0 Å². The van der Waals surface area contributed by atoms with E-state index in [1.54, 1.807) is 6.07 Å². The summed E-state index contributed by atoms with van der Waals surface area (Å²) in [6.07, 6.45) is 10.9. The molecular weight excluding hydrogens is 268 g/mol. The maximum absolute atomic E-state index is 12.5. The molecule has 1 aromatic heterocycles. The molecule has 0 radical (unpaired) electrons. The van der Waals surface area contributed by atoms with Crippen molar-refractivity contribution in [1.29, 1.82) is 0 Å². The van der Waals surface area contributed by atoms with Gasteiger partial charge in [0, 0.05) is 35.1 Å². The van der Waals surface area contributed by atoms with Gasteiger partial charge in [-0.25, -0.2) is 4.79 Å². The van der Waals surface area contributed by atoms with Crippen molar-refractivity contribution in [2.45, 2.75) is 44.6 Å². The van der Waals surface area contributed by atoms with Crippen molar-refractivity contribution in [2.24, 2.45) is 0 Å². The Kier molecular flexibility index (Phi) is 4.73. The van der Waals surface area contributed by atoms with E-state index in [0.717, 1.165) is 31.8 Å². The first-order chi connectivity index (χ1) is 10.0. The van der Waals surface area contributed by atoms with E-state index >= 15 is 0 Å². The summed E-state index contributed by atoms with van der Waals surface area (Å²) in [6, 6.07) is 1.61.